The molecule has 1 amide bonds. The van der Waals surface area contributed by atoms with Gasteiger partial charge in [0.25, 0.3) is 0 Å². The number of hydrogen-bond acceptors (Lipinski definition) is 3. The van der Waals surface area contributed by atoms with Crippen LogP contribution < -0.4 is 5.32 Å². The molecule has 1 aromatic rings. The molecule has 2 rings (SSSR count). The van der Waals surface area contributed by atoms with Gasteiger partial charge in [-0.05, 0) is 24.7 Å². The molecule has 0 unspecified atom stereocenters. The van der Waals surface area contributed by atoms with E-state index in [1.807, 2.05) is 0 Å². The largest absolute Gasteiger partial charge is 0.351 e. The Morgan fingerprint density at radius 3 is 2.53 bits per heavy atom. The molecule has 0 radical (unpaired) electrons. The van der Waals surface area contributed by atoms with Crippen molar-refractivity contribution in [3.8, 4) is 0 Å². The molecule has 1 saturated carbocycles. The number of carbonyl (C=O) groups is 1. The van der Waals surface area contributed by atoms with Crippen molar-refractivity contribution in [1.29, 1.82) is 0 Å². The fourth-order valence-electron chi connectivity index (χ4n) is 2.68. The Kier molecular flexibility index (Phi) is 4.93. The Hall–Kier alpha value is -1.39. The summed E-state index contributed by atoms with van der Waals surface area (Å²) in [6, 6.07) is 0.0984. The Morgan fingerprint density at radius 2 is 1.95 bits per heavy atom. The van der Waals surface area contributed by atoms with Gasteiger partial charge in [-0.2, -0.15) is 15.0 Å². The van der Waals surface area contributed by atoms with Gasteiger partial charge < -0.3 is 5.32 Å². The second kappa shape index (κ2) is 6.68. The van der Waals surface area contributed by atoms with Crippen molar-refractivity contribution in [3.05, 3.63) is 12.4 Å². The molecule has 19 heavy (non-hydrogen) atoms. The molecular formula is C14H24N4O. The quantitative estimate of drug-likeness (QED) is 0.855. The number of rotatable bonds is 6. The molecule has 1 atom stereocenters. The lowest BCUT2D eigenvalue weighted by atomic mass is 10.0. The van der Waals surface area contributed by atoms with Gasteiger partial charge in [0.15, 0.2) is 0 Å². The second-order valence-electron chi connectivity index (χ2n) is 5.86. The van der Waals surface area contributed by atoms with Crippen LogP contribution in [0.4, 0.5) is 0 Å². The molecule has 1 fully saturated rings. The van der Waals surface area contributed by atoms with Crippen molar-refractivity contribution in [2.75, 3.05) is 0 Å². The molecule has 0 bridgehead atoms. The van der Waals surface area contributed by atoms with Crippen LogP contribution in [0.15, 0.2) is 12.4 Å². The average Bonchev–Trinajstić information content (AvgIpc) is 3.00. The van der Waals surface area contributed by atoms with E-state index < -0.39 is 0 Å². The first-order valence-corrected chi connectivity index (χ1v) is 7.28. The first kappa shape index (κ1) is 14.0. The molecule has 0 aliphatic heterocycles. The highest BCUT2D eigenvalue weighted by Crippen LogP contribution is 2.27. The number of nitrogens with one attached hydrogen (secondary N) is 1. The molecule has 1 N–H and O–H groups in total. The molecule has 0 spiro atoms. The lowest BCUT2D eigenvalue weighted by molar-refractivity contribution is -0.123. The zero-order chi connectivity index (χ0) is 13.7. The highest BCUT2D eigenvalue weighted by molar-refractivity contribution is 5.76. The molecular weight excluding hydrogens is 240 g/mol. The number of hydrogen-bond donors (Lipinski definition) is 1. The summed E-state index contributed by atoms with van der Waals surface area (Å²) in [7, 11) is 0. The third-order valence-corrected chi connectivity index (χ3v) is 3.93. The maximum absolute atomic E-state index is 12.1. The van der Waals surface area contributed by atoms with Crippen molar-refractivity contribution in [3.63, 3.8) is 0 Å². The zero-order valence-electron chi connectivity index (χ0n) is 11.9. The topological polar surface area (TPSA) is 59.8 Å². The highest BCUT2D eigenvalue weighted by atomic mass is 16.1. The van der Waals surface area contributed by atoms with E-state index >= 15 is 0 Å². The van der Waals surface area contributed by atoms with Crippen molar-refractivity contribution in [2.45, 2.75) is 58.5 Å². The number of aromatic nitrogens is 3. The van der Waals surface area contributed by atoms with Gasteiger partial charge in [0.2, 0.25) is 5.91 Å². The Morgan fingerprint density at radius 1 is 1.32 bits per heavy atom. The Bertz CT molecular complexity index is 382. The third-order valence-electron chi connectivity index (χ3n) is 3.93. The minimum absolute atomic E-state index is 0.0984. The van der Waals surface area contributed by atoms with Gasteiger partial charge in [-0.25, -0.2) is 0 Å². The predicted molar refractivity (Wildman–Crippen MR) is 73.4 cm³/mol. The van der Waals surface area contributed by atoms with Crippen LogP contribution in [0.25, 0.3) is 0 Å². The van der Waals surface area contributed by atoms with Crippen LogP contribution in [0.3, 0.4) is 0 Å². The fourth-order valence-corrected chi connectivity index (χ4v) is 2.68. The normalized spacial score (nSPS) is 17.8. The second-order valence-corrected chi connectivity index (χ2v) is 5.86. The monoisotopic (exact) mass is 264 g/mol. The van der Waals surface area contributed by atoms with Gasteiger partial charge in [-0.1, -0.05) is 26.7 Å². The van der Waals surface area contributed by atoms with Gasteiger partial charge in [-0.15, -0.1) is 0 Å². The summed E-state index contributed by atoms with van der Waals surface area (Å²) in [5.41, 5.74) is 0. The molecule has 106 valence electrons. The summed E-state index contributed by atoms with van der Waals surface area (Å²) >= 11 is 0. The van der Waals surface area contributed by atoms with E-state index in [0.29, 0.717) is 24.8 Å². The van der Waals surface area contributed by atoms with Crippen molar-refractivity contribution in [1.82, 2.24) is 20.3 Å². The Balaban J connectivity index is 1.83. The fraction of sp³-hybridized carbons (Fsp3) is 0.786. The summed E-state index contributed by atoms with van der Waals surface area (Å²) in [6.45, 7) is 4.87. The number of amides is 1. The van der Waals surface area contributed by atoms with Gasteiger partial charge in [0.05, 0.1) is 25.0 Å². The van der Waals surface area contributed by atoms with E-state index in [-0.39, 0.29) is 11.9 Å². The molecule has 0 aromatic carbocycles. The van der Waals surface area contributed by atoms with Gasteiger partial charge >= 0.3 is 0 Å². The van der Waals surface area contributed by atoms with Gasteiger partial charge in [0, 0.05) is 6.42 Å². The van der Waals surface area contributed by atoms with E-state index in [2.05, 4.69) is 29.4 Å². The molecule has 5 heteroatoms. The van der Waals surface area contributed by atoms with Crippen LogP contribution >= 0.6 is 0 Å². The standard InChI is InChI=1S/C14H24N4O/c1-11(2)13(10-18-15-7-8-16-18)17-14(19)9-12-5-3-4-6-12/h7-8,11-13H,3-6,9-10H2,1-2H3,(H,17,19)/t13-/m1/s1. The van der Waals surface area contributed by atoms with E-state index in [0.717, 1.165) is 0 Å². The van der Waals surface area contributed by atoms with Crippen LogP contribution in [-0.2, 0) is 11.3 Å². The SMILES string of the molecule is CC(C)[C@@H](Cn1nccn1)NC(=O)CC1CCCC1. The summed E-state index contributed by atoms with van der Waals surface area (Å²) in [5.74, 6) is 1.15. The lowest BCUT2D eigenvalue weighted by Crippen LogP contribution is -2.42. The summed E-state index contributed by atoms with van der Waals surface area (Å²) in [6.07, 6.45) is 8.98. The first-order chi connectivity index (χ1) is 9.15. The molecule has 5 nitrogen and oxygen atoms in total. The number of nitrogens with zero attached hydrogens (tertiary/aromatic N) is 3. The average molecular weight is 264 g/mol. The first-order valence-electron chi connectivity index (χ1n) is 7.28. The molecule has 1 aromatic heterocycles. The summed E-state index contributed by atoms with van der Waals surface area (Å²) in [4.78, 5) is 13.7. The maximum atomic E-state index is 12.1. The molecule has 1 aliphatic rings. The predicted octanol–water partition coefficient (Wildman–Crippen LogP) is 2.00. The van der Waals surface area contributed by atoms with Crippen LogP contribution in [0.2, 0.25) is 0 Å². The van der Waals surface area contributed by atoms with Crippen molar-refractivity contribution < 1.29 is 4.79 Å². The maximum Gasteiger partial charge on any atom is 0.220 e. The lowest BCUT2D eigenvalue weighted by Gasteiger charge is -2.22. The van der Waals surface area contributed by atoms with Crippen LogP contribution in [0, 0.1) is 11.8 Å². The van der Waals surface area contributed by atoms with Crippen LogP contribution in [0.5, 0.6) is 0 Å². The van der Waals surface area contributed by atoms with Crippen molar-refractivity contribution in [2.24, 2.45) is 11.8 Å². The van der Waals surface area contributed by atoms with E-state index in [9.17, 15) is 4.79 Å². The van der Waals surface area contributed by atoms with Crippen LogP contribution in [-0.4, -0.2) is 26.9 Å². The molecule has 1 aliphatic carbocycles. The minimum atomic E-state index is 0.0984. The van der Waals surface area contributed by atoms with Gasteiger partial charge in [-0.3, -0.25) is 4.79 Å². The zero-order valence-corrected chi connectivity index (χ0v) is 11.9. The summed E-state index contributed by atoms with van der Waals surface area (Å²) in [5, 5.41) is 11.3. The smallest absolute Gasteiger partial charge is 0.220 e. The molecule has 1 heterocycles. The Labute approximate surface area is 114 Å². The van der Waals surface area contributed by atoms with E-state index in [4.69, 9.17) is 0 Å². The van der Waals surface area contributed by atoms with Crippen LogP contribution in [0.1, 0.15) is 46.0 Å². The summed E-state index contributed by atoms with van der Waals surface area (Å²) < 4.78 is 0. The van der Waals surface area contributed by atoms with E-state index in [1.54, 1.807) is 17.2 Å². The molecule has 0 saturated heterocycles. The number of carbonyl (C=O) groups excluding carboxylic acids is 1. The third kappa shape index (κ3) is 4.33. The van der Waals surface area contributed by atoms with Gasteiger partial charge in [0.1, 0.15) is 0 Å². The highest BCUT2D eigenvalue weighted by Gasteiger charge is 2.22. The van der Waals surface area contributed by atoms with Crippen molar-refractivity contribution >= 4 is 5.91 Å². The van der Waals surface area contributed by atoms with E-state index in [1.165, 1.54) is 25.7 Å². The minimum Gasteiger partial charge on any atom is -0.351 e.